The van der Waals surface area contributed by atoms with E-state index in [2.05, 4.69) is 20.2 Å². The molecule has 122 valence electrons. The van der Waals surface area contributed by atoms with E-state index in [1.165, 1.54) is 0 Å². The zero-order valence-corrected chi connectivity index (χ0v) is 13.4. The fourth-order valence-corrected chi connectivity index (χ4v) is 3.94. The normalized spacial score (nSPS) is 21.1. The molecule has 0 spiro atoms. The molecule has 4 heterocycles. The Morgan fingerprint density at radius 2 is 2.33 bits per heavy atom. The van der Waals surface area contributed by atoms with Crippen molar-refractivity contribution in [1.29, 1.82) is 5.26 Å². The average molecular weight is 342 g/mol. The molecule has 9 heteroatoms. The van der Waals surface area contributed by atoms with E-state index >= 15 is 0 Å². The van der Waals surface area contributed by atoms with Crippen molar-refractivity contribution in [3.63, 3.8) is 0 Å². The van der Waals surface area contributed by atoms with E-state index in [1.54, 1.807) is 11.1 Å². The monoisotopic (exact) mass is 342 g/mol. The number of nitrogens with one attached hydrogen (secondary N) is 1. The molecule has 1 aliphatic rings. The van der Waals surface area contributed by atoms with Crippen molar-refractivity contribution in [3.8, 4) is 6.07 Å². The Hall–Kier alpha value is -2.41. The average Bonchev–Trinajstić information content (AvgIpc) is 3.23. The third-order valence-corrected chi connectivity index (χ3v) is 5.29. The van der Waals surface area contributed by atoms with Gasteiger partial charge in [-0.1, -0.05) is 0 Å². The van der Waals surface area contributed by atoms with E-state index in [-0.39, 0.29) is 5.92 Å². The summed E-state index contributed by atoms with van der Waals surface area (Å²) in [6, 6.07) is 3.87. The Morgan fingerprint density at radius 1 is 1.46 bits per heavy atom. The van der Waals surface area contributed by atoms with Crippen LogP contribution in [-0.2, 0) is 11.1 Å². The smallest absolute Gasteiger partial charge is 0.200 e. The van der Waals surface area contributed by atoms with Crippen molar-refractivity contribution in [2.24, 2.45) is 0 Å². The molecule has 1 aliphatic heterocycles. The van der Waals surface area contributed by atoms with Gasteiger partial charge in [0.05, 0.1) is 12.3 Å². The largest absolute Gasteiger partial charge is 0.345 e. The number of aromatic nitrogens is 4. The second kappa shape index (κ2) is 5.90. The predicted octanol–water partition coefficient (Wildman–Crippen LogP) is 1.37. The van der Waals surface area contributed by atoms with Gasteiger partial charge < -0.3 is 9.54 Å². The van der Waals surface area contributed by atoms with Crippen molar-refractivity contribution in [2.75, 3.05) is 13.1 Å². The number of hydrogen-bond donors (Lipinski definition) is 2. The Bertz CT molecular complexity index is 981. The molecule has 2 N–H and O–H groups in total. The number of nitriles is 1. The van der Waals surface area contributed by atoms with Crippen LogP contribution in [-0.4, -0.2) is 52.3 Å². The highest BCUT2D eigenvalue weighted by Crippen LogP contribution is 2.34. The summed E-state index contributed by atoms with van der Waals surface area (Å²) in [7, 11) is 0. The Labute approximate surface area is 139 Å². The molecule has 1 saturated heterocycles. The summed E-state index contributed by atoms with van der Waals surface area (Å²) in [5.41, 5.74) is 2.48. The minimum absolute atomic E-state index is 0.128. The number of rotatable bonds is 3. The second-order valence-electron chi connectivity index (χ2n) is 5.80. The van der Waals surface area contributed by atoms with E-state index in [9.17, 15) is 8.76 Å². The van der Waals surface area contributed by atoms with Crippen LogP contribution in [0.1, 0.15) is 17.9 Å². The lowest BCUT2D eigenvalue weighted by molar-refractivity contribution is 0.336. The van der Waals surface area contributed by atoms with Crippen LogP contribution in [0.3, 0.4) is 0 Å². The van der Waals surface area contributed by atoms with E-state index < -0.39 is 16.5 Å². The Morgan fingerprint density at radius 3 is 3.12 bits per heavy atom. The van der Waals surface area contributed by atoms with Gasteiger partial charge in [-0.2, -0.15) is 5.26 Å². The van der Waals surface area contributed by atoms with E-state index in [0.717, 1.165) is 33.9 Å². The summed E-state index contributed by atoms with van der Waals surface area (Å²) < 4.78 is 20.6. The maximum Gasteiger partial charge on any atom is 0.200 e. The van der Waals surface area contributed by atoms with E-state index in [1.807, 2.05) is 24.5 Å². The lowest BCUT2D eigenvalue weighted by Crippen LogP contribution is -2.35. The van der Waals surface area contributed by atoms with E-state index in [0.29, 0.717) is 13.1 Å². The molecule has 3 atom stereocenters. The van der Waals surface area contributed by atoms with Crippen LogP contribution in [0, 0.1) is 11.3 Å². The van der Waals surface area contributed by atoms with Crippen molar-refractivity contribution in [3.05, 3.63) is 30.2 Å². The first-order chi connectivity index (χ1) is 11.7. The molecular weight excluding hydrogens is 328 g/mol. The van der Waals surface area contributed by atoms with Crippen LogP contribution < -0.4 is 0 Å². The SMILES string of the molecule is N#CC(N1CCC(c2cncc3nnc4[nH]ccc4c23)C1)S(=O)O. The highest BCUT2D eigenvalue weighted by atomic mass is 32.2. The van der Waals surface area contributed by atoms with Crippen LogP contribution in [0.25, 0.3) is 21.9 Å². The van der Waals surface area contributed by atoms with Crippen molar-refractivity contribution in [2.45, 2.75) is 17.7 Å². The molecule has 3 aromatic rings. The highest BCUT2D eigenvalue weighted by Gasteiger charge is 2.33. The summed E-state index contributed by atoms with van der Waals surface area (Å²) in [6.45, 7) is 1.14. The molecular formula is C15H14N6O2S. The number of hydrogen-bond acceptors (Lipinski definition) is 6. The first kappa shape index (κ1) is 15.1. The van der Waals surface area contributed by atoms with Gasteiger partial charge in [0, 0.05) is 42.2 Å². The minimum Gasteiger partial charge on any atom is -0.345 e. The number of nitrogens with zero attached hydrogens (tertiary/aromatic N) is 5. The number of pyridine rings is 1. The van der Waals surface area contributed by atoms with E-state index in [4.69, 9.17) is 5.26 Å². The number of H-pyrrole nitrogens is 1. The first-order valence-electron chi connectivity index (χ1n) is 7.49. The Kier molecular flexibility index (Phi) is 3.72. The molecule has 0 aliphatic carbocycles. The molecule has 0 bridgehead atoms. The van der Waals surface area contributed by atoms with Gasteiger partial charge in [-0.15, -0.1) is 10.2 Å². The third kappa shape index (κ3) is 2.36. The quantitative estimate of drug-likeness (QED) is 0.690. The maximum absolute atomic E-state index is 11.3. The lowest BCUT2D eigenvalue weighted by atomic mass is 9.95. The standard InChI is InChI=1S/C15H14N6O2S/c16-5-13(24(22)23)21-4-2-9(8-21)11-6-17-7-12-14(11)10-1-3-18-15(10)20-19-12/h1,3,6-7,9,13H,2,4,8H2,(H,18,20)(H,22,23). The van der Waals surface area contributed by atoms with Gasteiger partial charge in [0.15, 0.2) is 22.1 Å². The molecule has 0 radical (unpaired) electrons. The van der Waals surface area contributed by atoms with Crippen LogP contribution in [0.15, 0.2) is 24.7 Å². The summed E-state index contributed by atoms with van der Waals surface area (Å²) in [5, 5.41) is 18.5. The van der Waals surface area contributed by atoms with Crippen LogP contribution in [0.4, 0.5) is 0 Å². The predicted molar refractivity (Wildman–Crippen MR) is 88.3 cm³/mol. The number of aromatic amines is 1. The topological polar surface area (TPSA) is 119 Å². The number of fused-ring (bicyclic) bond motifs is 3. The molecule has 3 aromatic heterocycles. The second-order valence-corrected chi connectivity index (χ2v) is 6.80. The lowest BCUT2D eigenvalue weighted by Gasteiger charge is -2.19. The molecule has 0 saturated carbocycles. The minimum atomic E-state index is -2.19. The zero-order valence-electron chi connectivity index (χ0n) is 12.6. The molecule has 0 amide bonds. The maximum atomic E-state index is 11.3. The molecule has 8 nitrogen and oxygen atoms in total. The molecule has 0 aromatic carbocycles. The molecule has 1 fully saturated rings. The number of likely N-dealkylation sites (tertiary alicyclic amines) is 1. The first-order valence-corrected chi connectivity index (χ1v) is 8.66. The summed E-state index contributed by atoms with van der Waals surface area (Å²) >= 11 is -2.19. The van der Waals surface area contributed by atoms with Crippen LogP contribution in [0.2, 0.25) is 0 Å². The zero-order chi connectivity index (χ0) is 16.7. The molecule has 4 rings (SSSR count). The summed E-state index contributed by atoms with van der Waals surface area (Å²) in [6.07, 6.45) is 6.13. The van der Waals surface area contributed by atoms with Crippen LogP contribution >= 0.6 is 0 Å². The third-order valence-electron chi connectivity index (χ3n) is 4.50. The highest BCUT2D eigenvalue weighted by molar-refractivity contribution is 7.80. The van der Waals surface area contributed by atoms with Gasteiger partial charge in [-0.3, -0.25) is 9.88 Å². The van der Waals surface area contributed by atoms with Gasteiger partial charge in [0.2, 0.25) is 0 Å². The van der Waals surface area contributed by atoms with Gasteiger partial charge in [0.25, 0.3) is 0 Å². The fourth-order valence-electron chi connectivity index (χ4n) is 3.40. The summed E-state index contributed by atoms with van der Waals surface area (Å²) in [5.74, 6) is 0.128. The van der Waals surface area contributed by atoms with Gasteiger partial charge >= 0.3 is 0 Å². The van der Waals surface area contributed by atoms with Gasteiger partial charge in [-0.05, 0) is 18.1 Å². The molecule has 24 heavy (non-hydrogen) atoms. The van der Waals surface area contributed by atoms with Crippen molar-refractivity contribution >= 4 is 33.0 Å². The van der Waals surface area contributed by atoms with Gasteiger partial charge in [0.1, 0.15) is 5.52 Å². The molecule has 3 unspecified atom stereocenters. The Balaban J connectivity index is 1.77. The fraction of sp³-hybridized carbons (Fsp3) is 0.333. The van der Waals surface area contributed by atoms with Crippen molar-refractivity contribution < 1.29 is 8.76 Å². The van der Waals surface area contributed by atoms with Crippen molar-refractivity contribution in [1.82, 2.24) is 25.1 Å². The van der Waals surface area contributed by atoms with Crippen LogP contribution in [0.5, 0.6) is 0 Å². The summed E-state index contributed by atoms with van der Waals surface area (Å²) in [4.78, 5) is 9.08. The van der Waals surface area contributed by atoms with Gasteiger partial charge in [-0.25, -0.2) is 4.21 Å².